The number of piperidine rings is 1. The SMILES string of the molecule is CC1NCCCC1(F)c1cscn1. The molecule has 2 rings (SSSR count). The lowest BCUT2D eigenvalue weighted by Crippen LogP contribution is -2.48. The smallest absolute Gasteiger partial charge is 0.168 e. The van der Waals surface area contributed by atoms with Crippen molar-refractivity contribution < 1.29 is 4.39 Å². The van der Waals surface area contributed by atoms with Gasteiger partial charge >= 0.3 is 0 Å². The number of nitrogens with zero attached hydrogens (tertiary/aromatic N) is 1. The summed E-state index contributed by atoms with van der Waals surface area (Å²) in [6.45, 7) is 2.80. The summed E-state index contributed by atoms with van der Waals surface area (Å²) in [6, 6.07) is -0.122. The number of halogens is 1. The molecule has 72 valence electrons. The number of hydrogen-bond acceptors (Lipinski definition) is 3. The van der Waals surface area contributed by atoms with Crippen molar-refractivity contribution >= 4 is 11.3 Å². The third-order valence-corrected chi connectivity index (χ3v) is 3.30. The molecule has 0 amide bonds. The maximum atomic E-state index is 14.4. The van der Waals surface area contributed by atoms with E-state index in [1.807, 2.05) is 12.3 Å². The first-order valence-corrected chi connectivity index (χ1v) is 5.49. The maximum Gasteiger partial charge on any atom is 0.168 e. The molecule has 1 aliphatic heterocycles. The van der Waals surface area contributed by atoms with Crippen LogP contribution in [-0.4, -0.2) is 17.6 Å². The third-order valence-electron chi connectivity index (χ3n) is 2.71. The third kappa shape index (κ3) is 1.48. The van der Waals surface area contributed by atoms with Crippen molar-refractivity contribution in [3.05, 3.63) is 16.6 Å². The van der Waals surface area contributed by atoms with Crippen LogP contribution in [0, 0.1) is 0 Å². The van der Waals surface area contributed by atoms with E-state index in [1.165, 1.54) is 11.3 Å². The second-order valence-corrected chi connectivity index (χ2v) is 4.23. The van der Waals surface area contributed by atoms with Gasteiger partial charge in [-0.25, -0.2) is 9.37 Å². The Morgan fingerprint density at radius 3 is 3.23 bits per heavy atom. The van der Waals surface area contributed by atoms with E-state index in [4.69, 9.17) is 0 Å². The highest BCUT2D eigenvalue weighted by Gasteiger charge is 2.41. The molecule has 1 aromatic heterocycles. The van der Waals surface area contributed by atoms with E-state index >= 15 is 0 Å². The lowest BCUT2D eigenvalue weighted by atomic mass is 9.86. The fraction of sp³-hybridized carbons (Fsp3) is 0.667. The lowest BCUT2D eigenvalue weighted by molar-refractivity contribution is 0.0707. The Labute approximate surface area is 81.2 Å². The average Bonchev–Trinajstić information content (AvgIpc) is 2.63. The number of hydrogen-bond donors (Lipinski definition) is 1. The fourth-order valence-corrected chi connectivity index (χ4v) is 2.43. The fourth-order valence-electron chi connectivity index (χ4n) is 1.81. The zero-order valence-electron chi connectivity index (χ0n) is 7.59. The maximum absolute atomic E-state index is 14.4. The normalized spacial score (nSPS) is 34.8. The predicted octanol–water partition coefficient (Wildman–Crippen LogP) is 2.08. The molecule has 2 nitrogen and oxygen atoms in total. The number of aromatic nitrogens is 1. The molecule has 13 heavy (non-hydrogen) atoms. The van der Waals surface area contributed by atoms with Crippen molar-refractivity contribution in [2.24, 2.45) is 0 Å². The Kier molecular flexibility index (Phi) is 2.34. The van der Waals surface area contributed by atoms with Crippen LogP contribution in [0.25, 0.3) is 0 Å². The second kappa shape index (κ2) is 3.35. The molecular weight excluding hydrogens is 187 g/mol. The van der Waals surface area contributed by atoms with Crippen molar-refractivity contribution in [1.29, 1.82) is 0 Å². The highest BCUT2D eigenvalue weighted by molar-refractivity contribution is 7.07. The second-order valence-electron chi connectivity index (χ2n) is 3.52. The van der Waals surface area contributed by atoms with E-state index in [-0.39, 0.29) is 6.04 Å². The summed E-state index contributed by atoms with van der Waals surface area (Å²) >= 11 is 1.45. The lowest BCUT2D eigenvalue weighted by Gasteiger charge is -2.35. The van der Waals surface area contributed by atoms with Crippen LogP contribution in [0.1, 0.15) is 25.5 Å². The molecular formula is C9H13FN2S. The van der Waals surface area contributed by atoms with Gasteiger partial charge in [-0.2, -0.15) is 0 Å². The summed E-state index contributed by atoms with van der Waals surface area (Å²) in [7, 11) is 0. The summed E-state index contributed by atoms with van der Waals surface area (Å²) in [5.74, 6) is 0. The Balaban J connectivity index is 2.27. The molecule has 0 aromatic carbocycles. The van der Waals surface area contributed by atoms with E-state index in [0.29, 0.717) is 12.1 Å². The molecule has 0 spiro atoms. The summed E-state index contributed by atoms with van der Waals surface area (Å²) < 4.78 is 14.4. The van der Waals surface area contributed by atoms with E-state index in [2.05, 4.69) is 10.3 Å². The van der Waals surface area contributed by atoms with Crippen LogP contribution >= 0.6 is 11.3 Å². The van der Waals surface area contributed by atoms with Crippen molar-refractivity contribution in [1.82, 2.24) is 10.3 Å². The number of nitrogens with one attached hydrogen (secondary N) is 1. The molecule has 1 fully saturated rings. The van der Waals surface area contributed by atoms with Crippen molar-refractivity contribution in [2.45, 2.75) is 31.5 Å². The van der Waals surface area contributed by atoms with Gasteiger partial charge in [-0.15, -0.1) is 11.3 Å². The minimum Gasteiger partial charge on any atom is -0.311 e. The molecule has 1 aromatic rings. The molecule has 2 heterocycles. The van der Waals surface area contributed by atoms with Crippen LogP contribution in [0.15, 0.2) is 10.9 Å². The summed E-state index contributed by atoms with van der Waals surface area (Å²) in [5, 5.41) is 4.96. The molecule has 1 aliphatic rings. The average molecular weight is 200 g/mol. The molecule has 4 heteroatoms. The summed E-state index contributed by atoms with van der Waals surface area (Å²) in [6.07, 6.45) is 1.48. The molecule has 0 saturated carbocycles. The van der Waals surface area contributed by atoms with Gasteiger partial charge in [0.05, 0.1) is 11.2 Å². The van der Waals surface area contributed by atoms with Crippen molar-refractivity contribution in [3.8, 4) is 0 Å². The molecule has 1 saturated heterocycles. The minimum absolute atomic E-state index is 0.122. The number of rotatable bonds is 1. The van der Waals surface area contributed by atoms with Crippen LogP contribution in [0.2, 0.25) is 0 Å². The first-order valence-electron chi connectivity index (χ1n) is 4.54. The van der Waals surface area contributed by atoms with Gasteiger partial charge in [-0.1, -0.05) is 0 Å². The van der Waals surface area contributed by atoms with Crippen LogP contribution in [0.4, 0.5) is 4.39 Å². The van der Waals surface area contributed by atoms with Crippen LogP contribution in [-0.2, 0) is 5.67 Å². The highest BCUT2D eigenvalue weighted by atomic mass is 32.1. The van der Waals surface area contributed by atoms with Gasteiger partial charge in [0.1, 0.15) is 0 Å². The van der Waals surface area contributed by atoms with Crippen LogP contribution < -0.4 is 5.32 Å². The molecule has 0 bridgehead atoms. The molecule has 2 atom stereocenters. The molecule has 0 aliphatic carbocycles. The van der Waals surface area contributed by atoms with Gasteiger partial charge in [0.25, 0.3) is 0 Å². The van der Waals surface area contributed by atoms with E-state index in [1.54, 1.807) is 5.51 Å². The van der Waals surface area contributed by atoms with Crippen molar-refractivity contribution in [2.75, 3.05) is 6.54 Å². The van der Waals surface area contributed by atoms with Gasteiger partial charge in [0, 0.05) is 11.4 Å². The first-order chi connectivity index (χ1) is 6.23. The largest absolute Gasteiger partial charge is 0.311 e. The molecule has 0 radical (unpaired) electrons. The van der Waals surface area contributed by atoms with E-state index in [0.717, 1.165) is 13.0 Å². The predicted molar refractivity (Wildman–Crippen MR) is 51.6 cm³/mol. The minimum atomic E-state index is -1.25. The van der Waals surface area contributed by atoms with E-state index < -0.39 is 5.67 Å². The summed E-state index contributed by atoms with van der Waals surface area (Å²) in [4.78, 5) is 4.07. The van der Waals surface area contributed by atoms with Crippen LogP contribution in [0.5, 0.6) is 0 Å². The van der Waals surface area contributed by atoms with Gasteiger partial charge in [0.15, 0.2) is 5.67 Å². The molecule has 2 unspecified atom stereocenters. The Morgan fingerprint density at radius 2 is 2.62 bits per heavy atom. The number of thiazole rings is 1. The Bertz CT molecular complexity index is 275. The topological polar surface area (TPSA) is 24.9 Å². The van der Waals surface area contributed by atoms with Crippen molar-refractivity contribution in [3.63, 3.8) is 0 Å². The number of alkyl halides is 1. The van der Waals surface area contributed by atoms with Gasteiger partial charge in [-0.05, 0) is 26.3 Å². The summed E-state index contributed by atoms with van der Waals surface area (Å²) in [5.41, 5.74) is 1.04. The zero-order chi connectivity index (χ0) is 9.31. The quantitative estimate of drug-likeness (QED) is 0.750. The van der Waals surface area contributed by atoms with Gasteiger partial charge in [-0.3, -0.25) is 0 Å². The standard InChI is InChI=1S/C9H13FN2S/c1-7-9(10,3-2-4-11-7)8-5-13-6-12-8/h5-7,11H,2-4H2,1H3. The Morgan fingerprint density at radius 1 is 1.77 bits per heavy atom. The van der Waals surface area contributed by atoms with E-state index in [9.17, 15) is 4.39 Å². The monoisotopic (exact) mass is 200 g/mol. The Hall–Kier alpha value is -0.480. The van der Waals surface area contributed by atoms with Crippen LogP contribution in [0.3, 0.4) is 0 Å². The van der Waals surface area contributed by atoms with Gasteiger partial charge < -0.3 is 5.32 Å². The first kappa shape index (κ1) is 9.09. The zero-order valence-corrected chi connectivity index (χ0v) is 8.40. The van der Waals surface area contributed by atoms with Gasteiger partial charge in [0.2, 0.25) is 0 Å². The molecule has 1 N–H and O–H groups in total. The highest BCUT2D eigenvalue weighted by Crippen LogP contribution is 2.36.